The summed E-state index contributed by atoms with van der Waals surface area (Å²) in [4.78, 5) is 0. The molecule has 0 aromatic carbocycles. The minimum Gasteiger partial charge on any atom is -0.748 e. The van der Waals surface area contributed by atoms with Crippen LogP contribution in [0.15, 0.2) is 0 Å². The second-order valence-corrected chi connectivity index (χ2v) is 7.59. The first-order chi connectivity index (χ1) is 9.38. The summed E-state index contributed by atoms with van der Waals surface area (Å²) in [6.07, 6.45) is 10.5. The van der Waals surface area contributed by atoms with Gasteiger partial charge in [0.2, 0.25) is 0 Å². The Balaban J connectivity index is 0. The van der Waals surface area contributed by atoms with Crippen molar-refractivity contribution in [3.63, 3.8) is 0 Å². The summed E-state index contributed by atoms with van der Waals surface area (Å²) in [5.74, 6) is 0. The number of hydrogen-bond acceptors (Lipinski definition) is 4. The van der Waals surface area contributed by atoms with Gasteiger partial charge in [0.1, 0.15) is 0 Å². The van der Waals surface area contributed by atoms with E-state index >= 15 is 0 Å². The van der Waals surface area contributed by atoms with Crippen molar-refractivity contribution >= 4 is 10.1 Å². The van der Waals surface area contributed by atoms with E-state index in [1.54, 1.807) is 0 Å². The van der Waals surface area contributed by atoms with Crippen LogP contribution in [0, 0.1) is 0 Å². The maximum atomic E-state index is 10.7. The molecule has 0 aliphatic rings. The van der Waals surface area contributed by atoms with E-state index in [2.05, 4.69) is 6.92 Å². The number of unbranched alkanes of at least 4 members (excludes halogenated alkanes) is 6. The Morgan fingerprint density at radius 1 is 0.905 bits per heavy atom. The number of hydrogen-bond donors (Lipinski definition) is 1. The molecule has 0 rings (SSSR count). The summed E-state index contributed by atoms with van der Waals surface area (Å²) in [5.41, 5.74) is 0. The van der Waals surface area contributed by atoms with Crippen molar-refractivity contribution in [2.45, 2.75) is 95.8 Å². The van der Waals surface area contributed by atoms with Gasteiger partial charge in [0.05, 0.1) is 16.2 Å². The Morgan fingerprint density at radius 2 is 1.33 bits per heavy atom. The molecule has 4 nitrogen and oxygen atoms in total. The second kappa shape index (κ2) is 14.5. The van der Waals surface area contributed by atoms with Crippen LogP contribution in [0.25, 0.3) is 0 Å². The molecule has 0 radical (unpaired) electrons. The van der Waals surface area contributed by atoms with Crippen LogP contribution in [0.3, 0.4) is 0 Å². The van der Waals surface area contributed by atoms with Gasteiger partial charge < -0.3 is 9.66 Å². The molecule has 0 spiro atoms. The molecule has 0 aromatic heterocycles. The largest absolute Gasteiger partial charge is 1.00 e. The summed E-state index contributed by atoms with van der Waals surface area (Å²) in [6, 6.07) is 0. The van der Waals surface area contributed by atoms with Gasteiger partial charge in [-0.1, -0.05) is 58.3 Å². The molecular formula is C15H31NaO4S. The van der Waals surface area contributed by atoms with Crippen LogP contribution in [0.4, 0.5) is 0 Å². The first-order valence-corrected chi connectivity index (χ1v) is 9.47. The fourth-order valence-corrected chi connectivity index (χ4v) is 2.72. The van der Waals surface area contributed by atoms with Gasteiger partial charge >= 0.3 is 29.6 Å². The topological polar surface area (TPSA) is 77.4 Å². The molecule has 1 N–H and O–H groups in total. The number of aliphatic hydroxyl groups is 1. The van der Waals surface area contributed by atoms with E-state index < -0.39 is 15.4 Å². The number of aliphatic hydroxyl groups excluding tert-OH is 1. The Labute approximate surface area is 153 Å². The van der Waals surface area contributed by atoms with Crippen LogP contribution in [-0.2, 0) is 10.1 Å². The van der Waals surface area contributed by atoms with E-state index in [9.17, 15) is 18.1 Å². The molecule has 0 aromatic rings. The average Bonchev–Trinajstić information content (AvgIpc) is 2.37. The zero-order valence-electron chi connectivity index (χ0n) is 14.0. The third-order valence-electron chi connectivity index (χ3n) is 3.78. The van der Waals surface area contributed by atoms with Crippen molar-refractivity contribution in [3.8, 4) is 0 Å². The molecule has 0 fully saturated rings. The molecule has 2 unspecified atom stereocenters. The average molecular weight is 330 g/mol. The minimum absolute atomic E-state index is 0. The van der Waals surface area contributed by atoms with Crippen molar-refractivity contribution in [2.24, 2.45) is 0 Å². The minimum atomic E-state index is -4.14. The fraction of sp³-hybridized carbons (Fsp3) is 1.00. The molecular weight excluding hydrogens is 299 g/mol. The molecule has 2 atom stereocenters. The second-order valence-electron chi connectivity index (χ2n) is 5.80. The standard InChI is InChI=1S/C15H32O4S.Na/c1-3-4-5-6-7-8-12-15(16)13-10-9-11-14(2)20(17,18)19;/h14-16H,3-13H2,1-2H3,(H,17,18,19);/q;+1/p-1. The van der Waals surface area contributed by atoms with Crippen molar-refractivity contribution in [1.29, 1.82) is 0 Å². The molecule has 0 amide bonds. The van der Waals surface area contributed by atoms with E-state index in [0.717, 1.165) is 19.3 Å². The SMILES string of the molecule is CCCCCCCCC(O)CCCCC(C)S(=O)(=O)[O-].[Na+]. The smallest absolute Gasteiger partial charge is 0.748 e. The predicted octanol–water partition coefficient (Wildman–Crippen LogP) is 0.596. The molecule has 122 valence electrons. The Kier molecular flexibility index (Phi) is 16.6. The predicted molar refractivity (Wildman–Crippen MR) is 81.6 cm³/mol. The maximum Gasteiger partial charge on any atom is 1.00 e. The Hall–Kier alpha value is 0.870. The van der Waals surface area contributed by atoms with E-state index in [4.69, 9.17) is 0 Å². The quantitative estimate of drug-likeness (QED) is 0.305. The van der Waals surface area contributed by atoms with Gasteiger partial charge in [-0.2, -0.15) is 0 Å². The Bertz CT molecular complexity index is 320. The first kappa shape index (κ1) is 24.1. The van der Waals surface area contributed by atoms with Gasteiger partial charge in [0.15, 0.2) is 0 Å². The van der Waals surface area contributed by atoms with Crippen LogP contribution < -0.4 is 29.6 Å². The van der Waals surface area contributed by atoms with E-state index in [1.165, 1.54) is 39.0 Å². The van der Waals surface area contributed by atoms with Crippen molar-refractivity contribution in [2.75, 3.05) is 0 Å². The summed E-state index contributed by atoms with van der Waals surface area (Å²) in [7, 11) is -4.14. The Morgan fingerprint density at radius 3 is 1.86 bits per heavy atom. The van der Waals surface area contributed by atoms with Crippen LogP contribution in [0.1, 0.15) is 84.5 Å². The van der Waals surface area contributed by atoms with Crippen LogP contribution in [0.5, 0.6) is 0 Å². The molecule has 21 heavy (non-hydrogen) atoms. The summed E-state index contributed by atoms with van der Waals surface area (Å²) < 4.78 is 32.1. The molecule has 0 heterocycles. The third-order valence-corrected chi connectivity index (χ3v) is 5.00. The van der Waals surface area contributed by atoms with E-state index in [0.29, 0.717) is 19.3 Å². The summed E-state index contributed by atoms with van der Waals surface area (Å²) in [6.45, 7) is 3.65. The molecule has 0 saturated heterocycles. The zero-order chi connectivity index (χ0) is 15.4. The fourth-order valence-electron chi connectivity index (χ4n) is 2.26. The first-order valence-electron chi connectivity index (χ1n) is 8.00. The summed E-state index contributed by atoms with van der Waals surface area (Å²) >= 11 is 0. The van der Waals surface area contributed by atoms with Gasteiger partial charge in [-0.3, -0.25) is 0 Å². The van der Waals surface area contributed by atoms with E-state index in [1.807, 2.05) is 0 Å². The van der Waals surface area contributed by atoms with Crippen molar-refractivity contribution in [1.82, 2.24) is 0 Å². The molecule has 6 heteroatoms. The van der Waals surface area contributed by atoms with Crippen LogP contribution in [0.2, 0.25) is 0 Å². The molecule has 0 aliphatic heterocycles. The van der Waals surface area contributed by atoms with Crippen LogP contribution >= 0.6 is 0 Å². The number of rotatable bonds is 13. The maximum absolute atomic E-state index is 10.7. The van der Waals surface area contributed by atoms with Crippen molar-refractivity contribution in [3.05, 3.63) is 0 Å². The van der Waals surface area contributed by atoms with Gasteiger partial charge in [-0.05, 0) is 26.2 Å². The van der Waals surface area contributed by atoms with Gasteiger partial charge in [-0.15, -0.1) is 0 Å². The third kappa shape index (κ3) is 15.5. The summed E-state index contributed by atoms with van der Waals surface area (Å²) in [5, 5.41) is 8.99. The van der Waals surface area contributed by atoms with Gasteiger partial charge in [-0.25, -0.2) is 8.42 Å². The van der Waals surface area contributed by atoms with Crippen molar-refractivity contribution < 1.29 is 47.6 Å². The zero-order valence-corrected chi connectivity index (χ0v) is 16.8. The van der Waals surface area contributed by atoms with E-state index in [-0.39, 0.29) is 35.7 Å². The van der Waals surface area contributed by atoms with Crippen LogP contribution in [-0.4, -0.2) is 29.4 Å². The molecule has 0 bridgehead atoms. The normalized spacial score (nSPS) is 14.5. The van der Waals surface area contributed by atoms with Gasteiger partial charge in [0.25, 0.3) is 0 Å². The molecule has 0 aliphatic carbocycles. The van der Waals surface area contributed by atoms with Gasteiger partial charge in [0, 0.05) is 5.25 Å². The monoisotopic (exact) mass is 330 g/mol. The molecule has 0 saturated carbocycles.